The highest BCUT2D eigenvalue weighted by atomic mass is 16.5. The molecule has 3 aromatic rings. The summed E-state index contributed by atoms with van der Waals surface area (Å²) in [7, 11) is 3.18. The molecule has 0 aliphatic rings. The maximum absolute atomic E-state index is 12.2. The number of hydrogen-bond acceptors (Lipinski definition) is 6. The van der Waals surface area contributed by atoms with Gasteiger partial charge in [0.25, 0.3) is 0 Å². The van der Waals surface area contributed by atoms with E-state index in [1.807, 2.05) is 49.4 Å². The van der Waals surface area contributed by atoms with Gasteiger partial charge < -0.3 is 20.1 Å². The van der Waals surface area contributed by atoms with Gasteiger partial charge in [0, 0.05) is 12.1 Å². The van der Waals surface area contributed by atoms with Crippen molar-refractivity contribution in [3.63, 3.8) is 0 Å². The molecule has 0 radical (unpaired) electrons. The Balaban J connectivity index is 1.53. The van der Waals surface area contributed by atoms with Crippen molar-refractivity contribution in [2.75, 3.05) is 24.9 Å². The van der Waals surface area contributed by atoms with Crippen LogP contribution in [0, 0.1) is 6.92 Å². The zero-order valence-electron chi connectivity index (χ0n) is 16.7. The Kier molecular flexibility index (Phi) is 6.63. The summed E-state index contributed by atoms with van der Waals surface area (Å²) >= 11 is 0. The fourth-order valence-corrected chi connectivity index (χ4v) is 2.84. The fourth-order valence-electron chi connectivity index (χ4n) is 2.84. The van der Waals surface area contributed by atoms with Crippen molar-refractivity contribution in [2.24, 2.45) is 0 Å². The van der Waals surface area contributed by atoms with Crippen LogP contribution in [0.25, 0.3) is 0 Å². The van der Waals surface area contributed by atoms with Gasteiger partial charge in [-0.1, -0.05) is 18.2 Å². The third-order valence-corrected chi connectivity index (χ3v) is 4.31. The summed E-state index contributed by atoms with van der Waals surface area (Å²) in [6, 6.07) is 17.1. The molecule has 1 aromatic heterocycles. The van der Waals surface area contributed by atoms with E-state index in [1.165, 1.54) is 0 Å². The van der Waals surface area contributed by atoms with Crippen LogP contribution in [0.2, 0.25) is 0 Å². The summed E-state index contributed by atoms with van der Waals surface area (Å²) in [5.74, 6) is 2.20. The Bertz CT molecular complexity index is 974. The molecule has 0 saturated carbocycles. The Morgan fingerprint density at radius 3 is 2.38 bits per heavy atom. The fraction of sp³-hybridized carbons (Fsp3) is 0.227. The molecule has 29 heavy (non-hydrogen) atoms. The van der Waals surface area contributed by atoms with Gasteiger partial charge in [0.05, 0.1) is 14.2 Å². The van der Waals surface area contributed by atoms with E-state index in [4.69, 9.17) is 9.47 Å². The van der Waals surface area contributed by atoms with Crippen LogP contribution in [0.1, 0.15) is 17.5 Å². The first-order chi connectivity index (χ1) is 14.1. The number of nitrogens with one attached hydrogen (secondary N) is 2. The van der Waals surface area contributed by atoms with Crippen LogP contribution in [0.5, 0.6) is 11.5 Å². The highest BCUT2D eigenvalue weighted by Crippen LogP contribution is 2.28. The molecule has 2 aromatic carbocycles. The van der Waals surface area contributed by atoms with Gasteiger partial charge in [-0.05, 0) is 60.9 Å². The van der Waals surface area contributed by atoms with Gasteiger partial charge in [-0.25, -0.2) is 0 Å². The van der Waals surface area contributed by atoms with Crippen LogP contribution in [0.15, 0.2) is 54.6 Å². The van der Waals surface area contributed by atoms with Crippen molar-refractivity contribution in [3.8, 4) is 11.5 Å². The van der Waals surface area contributed by atoms with E-state index in [1.54, 1.807) is 26.4 Å². The molecule has 0 aliphatic heterocycles. The predicted octanol–water partition coefficient (Wildman–Crippen LogP) is 4.12. The highest BCUT2D eigenvalue weighted by molar-refractivity contribution is 5.89. The lowest BCUT2D eigenvalue weighted by Crippen LogP contribution is -2.14. The van der Waals surface area contributed by atoms with Gasteiger partial charge in [-0.3, -0.25) is 4.79 Å². The van der Waals surface area contributed by atoms with Crippen LogP contribution >= 0.6 is 0 Å². The van der Waals surface area contributed by atoms with Crippen LogP contribution in [0.4, 0.5) is 17.3 Å². The maximum Gasteiger partial charge on any atom is 0.225 e. The van der Waals surface area contributed by atoms with Gasteiger partial charge in [-0.2, -0.15) is 0 Å². The molecule has 0 bridgehead atoms. The molecule has 0 fully saturated rings. The average molecular weight is 392 g/mol. The van der Waals surface area contributed by atoms with Gasteiger partial charge in [0.2, 0.25) is 5.91 Å². The van der Waals surface area contributed by atoms with E-state index in [2.05, 4.69) is 20.8 Å². The van der Waals surface area contributed by atoms with E-state index >= 15 is 0 Å². The average Bonchev–Trinajstić information content (AvgIpc) is 2.73. The number of carbonyl (C=O) groups is 1. The number of methoxy groups -OCH3 is 2. The number of nitrogens with zero attached hydrogens (tertiary/aromatic N) is 2. The van der Waals surface area contributed by atoms with E-state index < -0.39 is 0 Å². The molecule has 3 rings (SSSR count). The standard InChI is InChI=1S/C22H24N4O3/c1-15-5-4-6-17(13-15)23-20-10-11-21(26-25-20)24-22(27)12-8-16-7-9-18(28-2)19(14-16)29-3/h4-7,9-11,13-14H,8,12H2,1-3H3,(H,23,25)(H,24,26,27). The summed E-state index contributed by atoms with van der Waals surface area (Å²) < 4.78 is 10.5. The van der Waals surface area contributed by atoms with Crippen LogP contribution in [0.3, 0.4) is 0 Å². The second-order valence-corrected chi connectivity index (χ2v) is 6.54. The number of rotatable bonds is 8. The second kappa shape index (κ2) is 9.54. The number of amides is 1. The first-order valence-corrected chi connectivity index (χ1v) is 9.25. The van der Waals surface area contributed by atoms with E-state index in [0.29, 0.717) is 36.0 Å². The molecular weight excluding hydrogens is 368 g/mol. The monoisotopic (exact) mass is 392 g/mol. The molecule has 1 heterocycles. The summed E-state index contributed by atoms with van der Waals surface area (Å²) in [6.07, 6.45) is 0.896. The number of aromatic nitrogens is 2. The van der Waals surface area contributed by atoms with Crippen LogP contribution in [-0.4, -0.2) is 30.3 Å². The molecule has 0 unspecified atom stereocenters. The van der Waals surface area contributed by atoms with Crippen LogP contribution < -0.4 is 20.1 Å². The lowest BCUT2D eigenvalue weighted by Gasteiger charge is -2.10. The van der Waals surface area contributed by atoms with E-state index in [0.717, 1.165) is 16.8 Å². The normalized spacial score (nSPS) is 10.3. The smallest absolute Gasteiger partial charge is 0.225 e. The van der Waals surface area contributed by atoms with Crippen molar-refractivity contribution in [1.29, 1.82) is 0 Å². The van der Waals surface area contributed by atoms with Gasteiger partial charge in [-0.15, -0.1) is 10.2 Å². The topological polar surface area (TPSA) is 85.4 Å². The van der Waals surface area contributed by atoms with Crippen LogP contribution in [-0.2, 0) is 11.2 Å². The molecule has 0 saturated heterocycles. The Morgan fingerprint density at radius 1 is 0.931 bits per heavy atom. The molecule has 1 amide bonds. The first kappa shape index (κ1) is 20.1. The molecule has 0 spiro atoms. The van der Waals surface area contributed by atoms with E-state index in [9.17, 15) is 4.79 Å². The Hall–Kier alpha value is -3.61. The minimum atomic E-state index is -0.131. The molecule has 0 atom stereocenters. The molecule has 0 aliphatic carbocycles. The summed E-state index contributed by atoms with van der Waals surface area (Å²) in [5.41, 5.74) is 3.08. The largest absolute Gasteiger partial charge is 0.493 e. The minimum Gasteiger partial charge on any atom is -0.493 e. The molecule has 2 N–H and O–H groups in total. The number of anilines is 3. The van der Waals surface area contributed by atoms with Crippen molar-refractivity contribution in [3.05, 3.63) is 65.7 Å². The minimum absolute atomic E-state index is 0.131. The first-order valence-electron chi connectivity index (χ1n) is 9.25. The van der Waals surface area contributed by atoms with E-state index in [-0.39, 0.29) is 5.91 Å². The molecule has 7 heteroatoms. The quantitative estimate of drug-likeness (QED) is 0.600. The lowest BCUT2D eigenvalue weighted by molar-refractivity contribution is -0.116. The predicted molar refractivity (Wildman–Crippen MR) is 113 cm³/mol. The summed E-state index contributed by atoms with van der Waals surface area (Å²) in [5, 5.41) is 14.1. The van der Waals surface area contributed by atoms with Crippen molar-refractivity contribution in [2.45, 2.75) is 19.8 Å². The molecule has 150 valence electrons. The Labute approximate surface area is 170 Å². The van der Waals surface area contributed by atoms with Crippen molar-refractivity contribution < 1.29 is 14.3 Å². The number of hydrogen-bond donors (Lipinski definition) is 2. The second-order valence-electron chi connectivity index (χ2n) is 6.54. The van der Waals surface area contributed by atoms with Gasteiger partial charge >= 0.3 is 0 Å². The van der Waals surface area contributed by atoms with Crippen molar-refractivity contribution in [1.82, 2.24) is 10.2 Å². The zero-order chi connectivity index (χ0) is 20.6. The highest BCUT2D eigenvalue weighted by Gasteiger charge is 2.08. The third-order valence-electron chi connectivity index (χ3n) is 4.31. The maximum atomic E-state index is 12.2. The number of ether oxygens (including phenoxy) is 2. The van der Waals surface area contributed by atoms with Gasteiger partial charge in [0.15, 0.2) is 23.1 Å². The molecular formula is C22H24N4O3. The summed E-state index contributed by atoms with van der Waals surface area (Å²) in [6.45, 7) is 2.03. The lowest BCUT2D eigenvalue weighted by atomic mass is 10.1. The molecule has 7 nitrogen and oxygen atoms in total. The van der Waals surface area contributed by atoms with Gasteiger partial charge in [0.1, 0.15) is 0 Å². The summed E-state index contributed by atoms with van der Waals surface area (Å²) in [4.78, 5) is 12.2. The third kappa shape index (κ3) is 5.68. The van der Waals surface area contributed by atoms with Crippen molar-refractivity contribution >= 4 is 23.2 Å². The SMILES string of the molecule is COc1ccc(CCC(=O)Nc2ccc(Nc3cccc(C)c3)nn2)cc1OC. The Morgan fingerprint density at radius 2 is 1.69 bits per heavy atom. The number of aryl methyl sites for hydroxylation is 2. The number of benzene rings is 2. The number of carbonyl (C=O) groups excluding carboxylic acids is 1. The zero-order valence-corrected chi connectivity index (χ0v) is 16.7.